The molecule has 0 bridgehead atoms. The average molecular weight is 302 g/mol. The van der Waals surface area contributed by atoms with Gasteiger partial charge >= 0.3 is 6.09 Å². The van der Waals surface area contributed by atoms with Crippen LogP contribution in [0.1, 0.15) is 31.5 Å². The summed E-state index contributed by atoms with van der Waals surface area (Å²) in [5.74, 6) is 1.59. The van der Waals surface area contributed by atoms with Gasteiger partial charge in [0.05, 0.1) is 5.52 Å². The number of nitrogens with one attached hydrogen (secondary N) is 1. The van der Waals surface area contributed by atoms with Gasteiger partial charge in [0, 0.05) is 25.9 Å². The van der Waals surface area contributed by atoms with Crippen molar-refractivity contribution < 1.29 is 14.3 Å². The number of fused-ring (bicyclic) bond motifs is 1. The molecular formula is C15H18N4O3. The first-order valence-electron chi connectivity index (χ1n) is 7.26. The molecule has 1 aromatic carbocycles. The van der Waals surface area contributed by atoms with Crippen LogP contribution in [0.15, 0.2) is 18.2 Å². The van der Waals surface area contributed by atoms with Gasteiger partial charge in [-0.05, 0) is 25.0 Å². The molecule has 1 aromatic heterocycles. The Labute approximate surface area is 127 Å². The lowest BCUT2D eigenvalue weighted by atomic mass is 9.96. The third-order valence-electron chi connectivity index (χ3n) is 4.03. The van der Waals surface area contributed by atoms with Crippen molar-refractivity contribution in [3.05, 3.63) is 24.0 Å². The Bertz CT molecular complexity index is 717. The molecule has 1 saturated heterocycles. The number of ether oxygens (including phenoxy) is 1. The maximum Gasteiger partial charge on any atom is 0.410 e. The summed E-state index contributed by atoms with van der Waals surface area (Å²) in [6.07, 6.45) is 0.878. The number of benzene rings is 1. The van der Waals surface area contributed by atoms with E-state index in [-0.39, 0.29) is 11.8 Å². The minimum absolute atomic E-state index is 0.111. The van der Waals surface area contributed by atoms with Gasteiger partial charge in [-0.15, -0.1) is 0 Å². The van der Waals surface area contributed by atoms with Crippen LogP contribution in [0.4, 0.5) is 4.79 Å². The van der Waals surface area contributed by atoms with Crippen molar-refractivity contribution >= 4 is 23.0 Å². The number of aromatic amines is 1. The van der Waals surface area contributed by atoms with Crippen LogP contribution in [0.25, 0.3) is 11.0 Å². The summed E-state index contributed by atoms with van der Waals surface area (Å²) in [5.41, 5.74) is 6.48. The second-order valence-corrected chi connectivity index (χ2v) is 5.48. The fraction of sp³-hybridized carbons (Fsp3) is 0.400. The van der Waals surface area contributed by atoms with Crippen molar-refractivity contribution in [1.29, 1.82) is 0 Å². The number of carbonyl (C=O) groups excluding carboxylic acids is 2. The van der Waals surface area contributed by atoms with Crippen molar-refractivity contribution in [3.63, 3.8) is 0 Å². The highest BCUT2D eigenvalue weighted by Gasteiger charge is 2.24. The Morgan fingerprint density at radius 2 is 2.09 bits per heavy atom. The predicted molar refractivity (Wildman–Crippen MR) is 80.5 cm³/mol. The molecule has 7 heteroatoms. The van der Waals surface area contributed by atoms with Crippen LogP contribution < -0.4 is 10.5 Å². The summed E-state index contributed by atoms with van der Waals surface area (Å²) in [4.78, 5) is 32.0. The maximum atomic E-state index is 11.4. The van der Waals surface area contributed by atoms with E-state index in [4.69, 9.17) is 10.5 Å². The first kappa shape index (κ1) is 14.4. The van der Waals surface area contributed by atoms with Crippen LogP contribution in [-0.4, -0.2) is 40.0 Å². The number of imidazole rings is 1. The van der Waals surface area contributed by atoms with Crippen molar-refractivity contribution in [1.82, 2.24) is 14.9 Å². The standard InChI is InChI=1S/C15H18N4O3/c1-9(20)19-7-5-10(6-8-19)14-17-11-3-2-4-12(13(11)18-14)22-15(16)21/h2-4,10H,5-8H2,1H3,(H2,16,21)(H,17,18). The minimum Gasteiger partial charge on any atom is -0.408 e. The first-order chi connectivity index (χ1) is 10.5. The number of primary amides is 1. The van der Waals surface area contributed by atoms with E-state index in [9.17, 15) is 9.59 Å². The zero-order valence-electron chi connectivity index (χ0n) is 12.3. The van der Waals surface area contributed by atoms with E-state index in [0.29, 0.717) is 11.3 Å². The highest BCUT2D eigenvalue weighted by atomic mass is 16.5. The molecule has 2 aromatic rings. The van der Waals surface area contributed by atoms with E-state index >= 15 is 0 Å². The quantitative estimate of drug-likeness (QED) is 0.882. The van der Waals surface area contributed by atoms with Gasteiger partial charge in [-0.25, -0.2) is 9.78 Å². The lowest BCUT2D eigenvalue weighted by Crippen LogP contribution is -2.36. The van der Waals surface area contributed by atoms with Crippen molar-refractivity contribution in [2.24, 2.45) is 5.73 Å². The van der Waals surface area contributed by atoms with Crippen LogP contribution in [0.3, 0.4) is 0 Å². The largest absolute Gasteiger partial charge is 0.410 e. The zero-order valence-corrected chi connectivity index (χ0v) is 12.3. The Balaban J connectivity index is 1.84. The molecule has 1 fully saturated rings. The molecule has 1 aliphatic heterocycles. The van der Waals surface area contributed by atoms with Gasteiger partial charge in [0.1, 0.15) is 11.3 Å². The van der Waals surface area contributed by atoms with Crippen LogP contribution in [-0.2, 0) is 4.79 Å². The van der Waals surface area contributed by atoms with E-state index in [2.05, 4.69) is 9.97 Å². The molecule has 0 radical (unpaired) electrons. The van der Waals surface area contributed by atoms with E-state index in [1.54, 1.807) is 19.1 Å². The fourth-order valence-electron chi connectivity index (χ4n) is 2.88. The smallest absolute Gasteiger partial charge is 0.408 e. The number of piperidine rings is 1. The van der Waals surface area contributed by atoms with E-state index < -0.39 is 6.09 Å². The second-order valence-electron chi connectivity index (χ2n) is 5.48. The van der Waals surface area contributed by atoms with Crippen LogP contribution in [0, 0.1) is 0 Å². The molecule has 0 unspecified atom stereocenters. The topological polar surface area (TPSA) is 101 Å². The summed E-state index contributed by atoms with van der Waals surface area (Å²) >= 11 is 0. The average Bonchev–Trinajstić information content (AvgIpc) is 2.92. The van der Waals surface area contributed by atoms with Gasteiger partial charge in [0.25, 0.3) is 0 Å². The molecule has 7 nitrogen and oxygen atoms in total. The lowest BCUT2D eigenvalue weighted by Gasteiger charge is -2.30. The van der Waals surface area contributed by atoms with Gasteiger partial charge in [-0.2, -0.15) is 0 Å². The summed E-state index contributed by atoms with van der Waals surface area (Å²) in [6, 6.07) is 5.32. The number of likely N-dealkylation sites (tertiary alicyclic amines) is 1. The zero-order chi connectivity index (χ0) is 15.7. The third-order valence-corrected chi connectivity index (χ3v) is 4.03. The Kier molecular flexibility index (Phi) is 3.70. The van der Waals surface area contributed by atoms with E-state index in [1.807, 2.05) is 11.0 Å². The van der Waals surface area contributed by atoms with Gasteiger partial charge in [-0.3, -0.25) is 4.79 Å². The molecule has 2 amide bonds. The van der Waals surface area contributed by atoms with Gasteiger partial charge in [0.2, 0.25) is 5.91 Å². The number of aromatic nitrogens is 2. The number of para-hydroxylation sites is 1. The van der Waals surface area contributed by atoms with Crippen molar-refractivity contribution in [2.75, 3.05) is 13.1 Å². The molecule has 1 aliphatic rings. The molecule has 22 heavy (non-hydrogen) atoms. The summed E-state index contributed by atoms with van der Waals surface area (Å²) in [6.45, 7) is 3.07. The third kappa shape index (κ3) is 2.74. The summed E-state index contributed by atoms with van der Waals surface area (Å²) < 4.78 is 4.98. The molecule has 0 aliphatic carbocycles. The highest BCUT2D eigenvalue weighted by Crippen LogP contribution is 2.30. The Hall–Kier alpha value is -2.57. The van der Waals surface area contributed by atoms with Crippen molar-refractivity contribution in [3.8, 4) is 5.75 Å². The van der Waals surface area contributed by atoms with Gasteiger partial charge < -0.3 is 20.4 Å². The fourth-order valence-corrected chi connectivity index (χ4v) is 2.88. The molecule has 116 valence electrons. The van der Waals surface area contributed by atoms with Crippen LogP contribution >= 0.6 is 0 Å². The summed E-state index contributed by atoms with van der Waals surface area (Å²) in [7, 11) is 0. The predicted octanol–water partition coefficient (Wildman–Crippen LogP) is 1.75. The minimum atomic E-state index is -0.855. The molecule has 2 heterocycles. The second kappa shape index (κ2) is 5.67. The number of carbonyl (C=O) groups is 2. The van der Waals surface area contributed by atoms with E-state index in [0.717, 1.165) is 37.3 Å². The SMILES string of the molecule is CC(=O)N1CCC(c2nc3c(OC(N)=O)cccc3[nH]2)CC1. The van der Waals surface area contributed by atoms with Crippen LogP contribution in [0.2, 0.25) is 0 Å². The van der Waals surface area contributed by atoms with E-state index in [1.165, 1.54) is 0 Å². The number of nitrogens with two attached hydrogens (primary N) is 1. The number of rotatable bonds is 2. The van der Waals surface area contributed by atoms with Gasteiger partial charge in [-0.1, -0.05) is 6.07 Å². The van der Waals surface area contributed by atoms with Crippen molar-refractivity contribution in [2.45, 2.75) is 25.7 Å². The molecule has 0 spiro atoms. The molecule has 0 atom stereocenters. The normalized spacial score (nSPS) is 16.0. The number of hydrogen-bond donors (Lipinski definition) is 2. The molecular weight excluding hydrogens is 284 g/mol. The number of hydrogen-bond acceptors (Lipinski definition) is 4. The van der Waals surface area contributed by atoms with Gasteiger partial charge in [0.15, 0.2) is 5.75 Å². The Morgan fingerprint density at radius 3 is 2.73 bits per heavy atom. The maximum absolute atomic E-state index is 11.4. The lowest BCUT2D eigenvalue weighted by molar-refractivity contribution is -0.129. The monoisotopic (exact) mass is 302 g/mol. The Morgan fingerprint density at radius 1 is 1.36 bits per heavy atom. The number of H-pyrrole nitrogens is 1. The molecule has 3 N–H and O–H groups in total. The highest BCUT2D eigenvalue weighted by molar-refractivity contribution is 5.84. The number of nitrogens with zero attached hydrogens (tertiary/aromatic N) is 2. The molecule has 3 rings (SSSR count). The summed E-state index contributed by atoms with van der Waals surface area (Å²) in [5, 5.41) is 0. The van der Waals surface area contributed by atoms with Crippen LogP contribution in [0.5, 0.6) is 5.75 Å². The number of amides is 2. The molecule has 0 saturated carbocycles. The first-order valence-corrected chi connectivity index (χ1v) is 7.26.